The van der Waals surface area contributed by atoms with Crippen molar-refractivity contribution in [3.8, 4) is 11.4 Å². The largest absolute Gasteiger partial charge is 0.493 e. The molecule has 0 spiro atoms. The monoisotopic (exact) mass is 656 g/mol. The number of hydrogen-bond acceptors (Lipinski definition) is 5. The van der Waals surface area contributed by atoms with E-state index in [1.54, 1.807) is 47.8 Å². The number of aromatic nitrogens is 2. The third-order valence-electron chi connectivity index (χ3n) is 7.47. The highest BCUT2D eigenvalue weighted by Gasteiger charge is 2.29. The van der Waals surface area contributed by atoms with E-state index in [-0.39, 0.29) is 32.6 Å². The van der Waals surface area contributed by atoms with Crippen LogP contribution in [0.5, 0.6) is 5.75 Å². The zero-order valence-corrected chi connectivity index (χ0v) is 27.5. The Bertz CT molecular complexity index is 1910. The molecule has 0 saturated carbocycles. The number of carbonyl (C=O) groups is 1. The summed E-state index contributed by atoms with van der Waals surface area (Å²) in [6.07, 6.45) is 0.614. The number of carbonyl (C=O) groups excluding carboxylic acids is 1. The van der Waals surface area contributed by atoms with E-state index in [2.05, 4.69) is 25.5 Å². The average molecular weight is 658 g/mol. The van der Waals surface area contributed by atoms with Crippen LogP contribution < -0.4 is 15.0 Å². The minimum atomic E-state index is -4.43. The maximum atomic E-state index is 13.6. The van der Waals surface area contributed by atoms with Crippen molar-refractivity contribution in [1.29, 1.82) is 0 Å². The summed E-state index contributed by atoms with van der Waals surface area (Å²) in [5.41, 5.74) is 2.43. The molecule has 0 aliphatic carbocycles. The van der Waals surface area contributed by atoms with Gasteiger partial charge >= 0.3 is 0 Å². The molecule has 0 bridgehead atoms. The van der Waals surface area contributed by atoms with Crippen molar-refractivity contribution in [2.24, 2.45) is 12.5 Å². The number of benzene rings is 3. The molecule has 0 atom stereocenters. The Kier molecular flexibility index (Phi) is 8.63. The Morgan fingerprint density at radius 2 is 1.73 bits per heavy atom. The number of hydrogen-bond donors (Lipinski definition) is 1. The van der Waals surface area contributed by atoms with Gasteiger partial charge in [-0.3, -0.25) is 19.0 Å². The molecule has 0 radical (unpaired) electrons. The second-order valence-corrected chi connectivity index (χ2v) is 14.5. The highest BCUT2D eigenvalue weighted by molar-refractivity contribution is 7.92. The molecular formula is C32H34Cl2N4O5S. The number of fused-ring (bicyclic) bond motifs is 1. The van der Waals surface area contributed by atoms with E-state index in [1.807, 2.05) is 24.3 Å². The second kappa shape index (κ2) is 12.0. The molecule has 1 aliphatic rings. The first-order valence-corrected chi connectivity index (χ1v) is 16.3. The van der Waals surface area contributed by atoms with Crippen molar-refractivity contribution in [2.45, 2.75) is 45.6 Å². The van der Waals surface area contributed by atoms with Crippen LogP contribution in [0, 0.1) is 12.3 Å². The van der Waals surface area contributed by atoms with Gasteiger partial charge in [-0.25, -0.2) is 13.1 Å². The molecule has 0 unspecified atom stereocenters. The maximum Gasteiger partial charge on any atom is 0.296 e. The lowest BCUT2D eigenvalue weighted by atomic mass is 9.97. The first kappa shape index (κ1) is 31.7. The molecule has 9 nitrogen and oxygen atoms in total. The summed E-state index contributed by atoms with van der Waals surface area (Å²) in [6, 6.07) is 17.3. The van der Waals surface area contributed by atoms with Crippen LogP contribution in [0.2, 0.25) is 10.0 Å². The van der Waals surface area contributed by atoms with Gasteiger partial charge in [0.05, 0.1) is 28.0 Å². The fourth-order valence-corrected chi connectivity index (χ4v) is 6.96. The van der Waals surface area contributed by atoms with E-state index < -0.39 is 20.5 Å². The lowest BCUT2D eigenvalue weighted by Crippen LogP contribution is -2.36. The van der Waals surface area contributed by atoms with E-state index in [9.17, 15) is 18.0 Å². The van der Waals surface area contributed by atoms with E-state index in [4.69, 9.17) is 27.9 Å². The van der Waals surface area contributed by atoms with Crippen LogP contribution in [0.4, 0.5) is 5.69 Å². The highest BCUT2D eigenvalue weighted by atomic mass is 35.5. The summed E-state index contributed by atoms with van der Waals surface area (Å²) in [7, 11) is -2.78. The van der Waals surface area contributed by atoms with E-state index in [1.165, 1.54) is 16.8 Å². The van der Waals surface area contributed by atoms with Gasteiger partial charge in [0.2, 0.25) is 0 Å². The third-order valence-corrected chi connectivity index (χ3v) is 9.76. The van der Waals surface area contributed by atoms with Gasteiger partial charge < -0.3 is 9.64 Å². The fourth-order valence-electron chi connectivity index (χ4n) is 5.03. The van der Waals surface area contributed by atoms with Gasteiger partial charge in [-0.15, -0.1) is 0 Å². The van der Waals surface area contributed by atoms with Gasteiger partial charge in [-0.1, -0.05) is 68.2 Å². The lowest BCUT2D eigenvalue weighted by Gasteiger charge is -2.30. The summed E-state index contributed by atoms with van der Waals surface area (Å²) in [6.45, 7) is 9.30. The average Bonchev–Trinajstić information content (AvgIpc) is 3.19. The number of sulfonamides is 1. The van der Waals surface area contributed by atoms with Crippen molar-refractivity contribution in [2.75, 3.05) is 17.9 Å². The Labute approximate surface area is 267 Å². The second-order valence-electron chi connectivity index (χ2n) is 12.1. The smallest absolute Gasteiger partial charge is 0.296 e. The molecule has 5 rings (SSSR count). The number of anilines is 1. The Balaban J connectivity index is 1.41. The Morgan fingerprint density at radius 3 is 2.41 bits per heavy atom. The maximum absolute atomic E-state index is 13.6. The molecule has 0 saturated heterocycles. The molecule has 4 aromatic rings. The topological polar surface area (TPSA) is 103 Å². The number of nitrogens with one attached hydrogen (secondary N) is 1. The highest BCUT2D eigenvalue weighted by Crippen LogP contribution is 2.34. The number of ether oxygens (including phenoxy) is 1. The van der Waals surface area contributed by atoms with Crippen molar-refractivity contribution in [3.05, 3.63) is 103 Å². The van der Waals surface area contributed by atoms with Gasteiger partial charge in [0.15, 0.2) is 0 Å². The number of nitrogens with zero attached hydrogens (tertiary/aromatic N) is 3. The SMILES string of the molecule is Cc1c(NS(=O)(=O)c2cc(C(=O)N3CCc4cc(OCC(C)(C)C)ccc4C3)cc(Cl)c2Cl)c(=O)n(-c2ccccc2)n1C. The molecule has 1 amide bonds. The quantitative estimate of drug-likeness (QED) is 0.255. The van der Waals surface area contributed by atoms with Crippen LogP contribution in [0.3, 0.4) is 0 Å². The summed E-state index contributed by atoms with van der Waals surface area (Å²) in [5, 5.41) is -0.345. The van der Waals surface area contributed by atoms with Crippen LogP contribution in [0.1, 0.15) is 48.0 Å². The number of halogens is 2. The third kappa shape index (κ3) is 6.38. The predicted octanol–water partition coefficient (Wildman–Crippen LogP) is 6.22. The standard InChI is InChI=1S/C32H34Cl2N4O5S/c1-20-29(31(40)38(36(20)5)24-9-7-6-8-10-24)35-44(41,42)27-17-23(16-26(33)28(27)34)30(39)37-14-13-21-15-25(12-11-22(21)18-37)43-19-32(2,3)4/h6-12,15-17,35H,13-14,18-19H2,1-5H3. The zero-order chi connectivity index (χ0) is 32.0. The van der Waals surface area contributed by atoms with Crippen molar-refractivity contribution >= 4 is 44.8 Å². The van der Waals surface area contributed by atoms with Gasteiger partial charge in [0.25, 0.3) is 21.5 Å². The molecule has 12 heteroatoms. The predicted molar refractivity (Wildman–Crippen MR) is 173 cm³/mol. The summed E-state index contributed by atoms with van der Waals surface area (Å²) in [4.78, 5) is 28.2. The Morgan fingerprint density at radius 1 is 1.02 bits per heavy atom. The van der Waals surface area contributed by atoms with Crippen molar-refractivity contribution < 1.29 is 17.9 Å². The van der Waals surface area contributed by atoms with Gasteiger partial charge in [-0.05, 0) is 66.3 Å². The van der Waals surface area contributed by atoms with E-state index in [0.29, 0.717) is 37.5 Å². The lowest BCUT2D eigenvalue weighted by molar-refractivity contribution is 0.0734. The molecule has 1 aliphatic heterocycles. The van der Waals surface area contributed by atoms with Crippen molar-refractivity contribution in [3.63, 3.8) is 0 Å². The minimum absolute atomic E-state index is 0.0299. The Hall–Kier alpha value is -3.73. The first-order valence-electron chi connectivity index (χ1n) is 14.1. The fraction of sp³-hybridized carbons (Fsp3) is 0.312. The zero-order valence-electron chi connectivity index (χ0n) is 25.1. The van der Waals surface area contributed by atoms with Gasteiger partial charge in [0, 0.05) is 25.7 Å². The van der Waals surface area contributed by atoms with E-state index >= 15 is 0 Å². The van der Waals surface area contributed by atoms with E-state index in [0.717, 1.165) is 16.9 Å². The minimum Gasteiger partial charge on any atom is -0.493 e. The summed E-state index contributed by atoms with van der Waals surface area (Å²) >= 11 is 12.7. The van der Waals surface area contributed by atoms with Crippen LogP contribution in [0.25, 0.3) is 5.69 Å². The number of para-hydroxylation sites is 1. The van der Waals surface area contributed by atoms with Crippen LogP contribution in [-0.2, 0) is 30.0 Å². The van der Waals surface area contributed by atoms with Gasteiger partial charge in [0.1, 0.15) is 16.3 Å². The molecule has 3 aromatic carbocycles. The van der Waals surface area contributed by atoms with Gasteiger partial charge in [-0.2, -0.15) is 0 Å². The summed E-state index contributed by atoms with van der Waals surface area (Å²) < 4.78 is 38.5. The number of rotatable bonds is 7. The van der Waals surface area contributed by atoms with Crippen LogP contribution >= 0.6 is 23.2 Å². The normalized spacial score (nSPS) is 13.5. The van der Waals surface area contributed by atoms with Crippen LogP contribution in [-0.4, -0.2) is 41.7 Å². The molecule has 44 heavy (non-hydrogen) atoms. The molecule has 0 fully saturated rings. The summed E-state index contributed by atoms with van der Waals surface area (Å²) in [5.74, 6) is 0.399. The molecule has 1 aromatic heterocycles. The first-order chi connectivity index (χ1) is 20.7. The molecular weight excluding hydrogens is 623 g/mol. The number of amides is 1. The molecule has 2 heterocycles. The molecule has 1 N–H and O–H groups in total. The van der Waals surface area contributed by atoms with Crippen molar-refractivity contribution in [1.82, 2.24) is 14.3 Å². The van der Waals surface area contributed by atoms with Crippen LogP contribution in [0.15, 0.2) is 70.4 Å². The molecule has 232 valence electrons.